The molecular weight excluding hydrogens is 346 g/mol. The van der Waals surface area contributed by atoms with E-state index in [1.54, 1.807) is 4.90 Å². The van der Waals surface area contributed by atoms with Crippen LogP contribution in [-0.4, -0.2) is 51.2 Å². The van der Waals surface area contributed by atoms with Crippen molar-refractivity contribution in [2.45, 2.75) is 46.1 Å². The van der Waals surface area contributed by atoms with Crippen molar-refractivity contribution in [3.05, 3.63) is 10.4 Å². The molecule has 0 spiro atoms. The van der Waals surface area contributed by atoms with Gasteiger partial charge >= 0.3 is 0 Å². The van der Waals surface area contributed by atoms with E-state index < -0.39 is 0 Å². The van der Waals surface area contributed by atoms with Gasteiger partial charge in [-0.3, -0.25) is 0 Å². The zero-order valence-electron chi connectivity index (χ0n) is 15.5. The van der Waals surface area contributed by atoms with E-state index in [2.05, 4.69) is 34.3 Å². The number of hydrogen-bond acceptors (Lipinski definition) is 6. The first kappa shape index (κ1) is 16.4. The molecule has 5 rings (SSSR count). The van der Waals surface area contributed by atoms with Gasteiger partial charge in [0, 0.05) is 19.5 Å². The predicted octanol–water partition coefficient (Wildman–Crippen LogP) is 1.32. The van der Waals surface area contributed by atoms with Gasteiger partial charge in [0.05, 0.1) is 23.4 Å². The molecule has 0 aliphatic carbocycles. The molecule has 2 aliphatic heterocycles. The minimum atomic E-state index is 0.627. The molecule has 2 atom stereocenters. The van der Waals surface area contributed by atoms with Gasteiger partial charge in [-0.05, 0) is 41.2 Å². The maximum absolute atomic E-state index is 4.91. The molecule has 0 radical (unpaired) electrons. The van der Waals surface area contributed by atoms with Gasteiger partial charge in [0.25, 0.3) is 5.78 Å². The summed E-state index contributed by atoms with van der Waals surface area (Å²) in [6, 6.07) is 0. The molecular formula is C18H26N7S+. The standard InChI is InChI=1S/C18H25N7S/c1-3-7-23-9-6-13-14(11-23)26-17-15(13)16(19-18-20-21-22-25(17)18)24-8-4-5-12(2)10-24/h12H,3-11H2,1-2H3/p+1/t12-/m0/s1. The maximum Gasteiger partial charge on any atom is 0.276 e. The van der Waals surface area contributed by atoms with Crippen LogP contribution in [0.15, 0.2) is 0 Å². The lowest BCUT2D eigenvalue weighted by molar-refractivity contribution is -0.915. The van der Waals surface area contributed by atoms with Gasteiger partial charge in [-0.15, -0.1) is 11.3 Å². The Labute approximate surface area is 157 Å². The first-order valence-corrected chi connectivity index (χ1v) is 10.7. The van der Waals surface area contributed by atoms with Crippen LogP contribution in [-0.2, 0) is 13.0 Å². The Balaban J connectivity index is 1.68. The van der Waals surface area contributed by atoms with Crippen molar-refractivity contribution >= 4 is 33.1 Å². The van der Waals surface area contributed by atoms with Gasteiger partial charge in [0.1, 0.15) is 17.2 Å². The van der Waals surface area contributed by atoms with Gasteiger partial charge in [0.2, 0.25) is 0 Å². The number of nitrogens with zero attached hydrogens (tertiary/aromatic N) is 6. The molecule has 5 heterocycles. The predicted molar refractivity (Wildman–Crippen MR) is 103 cm³/mol. The van der Waals surface area contributed by atoms with E-state index in [1.807, 2.05) is 15.9 Å². The van der Waals surface area contributed by atoms with Crippen LogP contribution < -0.4 is 9.80 Å². The molecule has 138 valence electrons. The summed E-state index contributed by atoms with van der Waals surface area (Å²) in [5.41, 5.74) is 1.50. The monoisotopic (exact) mass is 372 g/mol. The number of hydrogen-bond donors (Lipinski definition) is 1. The average Bonchev–Trinajstić information content (AvgIpc) is 3.25. The zero-order chi connectivity index (χ0) is 17.7. The summed E-state index contributed by atoms with van der Waals surface area (Å²) in [7, 11) is 0. The van der Waals surface area contributed by atoms with Gasteiger partial charge in [0.15, 0.2) is 0 Å². The van der Waals surface area contributed by atoms with Gasteiger partial charge < -0.3 is 9.80 Å². The molecule has 8 heteroatoms. The van der Waals surface area contributed by atoms with E-state index in [9.17, 15) is 0 Å². The fourth-order valence-corrected chi connectivity index (χ4v) is 5.97. The van der Waals surface area contributed by atoms with Crippen molar-refractivity contribution in [3.8, 4) is 0 Å². The molecule has 1 N–H and O–H groups in total. The van der Waals surface area contributed by atoms with E-state index in [4.69, 9.17) is 4.98 Å². The number of tetrazole rings is 1. The highest BCUT2D eigenvalue weighted by Gasteiger charge is 2.30. The third-order valence-electron chi connectivity index (χ3n) is 5.85. The summed E-state index contributed by atoms with van der Waals surface area (Å²) < 4.78 is 1.84. The highest BCUT2D eigenvalue weighted by atomic mass is 32.1. The lowest BCUT2D eigenvalue weighted by Gasteiger charge is -2.32. The topological polar surface area (TPSA) is 63.7 Å². The molecule has 1 unspecified atom stereocenters. The summed E-state index contributed by atoms with van der Waals surface area (Å²) in [5.74, 6) is 2.46. The molecule has 0 saturated carbocycles. The van der Waals surface area contributed by atoms with E-state index >= 15 is 0 Å². The second-order valence-corrected chi connectivity index (χ2v) is 8.96. The van der Waals surface area contributed by atoms with Crippen molar-refractivity contribution in [3.63, 3.8) is 0 Å². The number of nitrogens with one attached hydrogen (secondary N) is 1. The fraction of sp³-hybridized carbons (Fsp3) is 0.667. The summed E-state index contributed by atoms with van der Waals surface area (Å²) >= 11 is 1.88. The molecule has 1 saturated heterocycles. The largest absolute Gasteiger partial charge is 0.356 e. The van der Waals surface area contributed by atoms with Crippen LogP contribution in [0, 0.1) is 5.92 Å². The quantitative estimate of drug-likeness (QED) is 0.751. The number of anilines is 1. The molecule has 3 aromatic rings. The van der Waals surface area contributed by atoms with Crippen molar-refractivity contribution in [2.75, 3.05) is 31.1 Å². The fourth-order valence-electron chi connectivity index (χ4n) is 4.61. The van der Waals surface area contributed by atoms with E-state index in [0.717, 1.165) is 31.9 Å². The Morgan fingerprint density at radius 2 is 2.27 bits per heavy atom. The van der Waals surface area contributed by atoms with E-state index in [0.29, 0.717) is 11.7 Å². The molecule has 1 fully saturated rings. The zero-order valence-corrected chi connectivity index (χ0v) is 16.3. The molecule has 26 heavy (non-hydrogen) atoms. The summed E-state index contributed by atoms with van der Waals surface area (Å²) in [4.78, 5) is 11.8. The van der Waals surface area contributed by atoms with Crippen molar-refractivity contribution in [1.29, 1.82) is 0 Å². The summed E-state index contributed by atoms with van der Waals surface area (Å²) in [6.07, 6.45) is 4.92. The molecule has 7 nitrogen and oxygen atoms in total. The molecule has 0 bridgehead atoms. The van der Waals surface area contributed by atoms with Crippen molar-refractivity contribution in [2.24, 2.45) is 5.92 Å². The summed E-state index contributed by atoms with van der Waals surface area (Å²) in [6.45, 7) is 10.4. The van der Waals surface area contributed by atoms with Gasteiger partial charge in [-0.25, -0.2) is 0 Å². The van der Waals surface area contributed by atoms with E-state index in [1.165, 1.54) is 53.0 Å². The smallest absolute Gasteiger partial charge is 0.276 e. The van der Waals surface area contributed by atoms with Crippen LogP contribution >= 0.6 is 11.3 Å². The van der Waals surface area contributed by atoms with Crippen LogP contribution in [0.25, 0.3) is 16.0 Å². The highest BCUT2D eigenvalue weighted by molar-refractivity contribution is 7.19. The molecule has 2 aliphatic rings. The third kappa shape index (κ3) is 2.58. The van der Waals surface area contributed by atoms with Crippen LogP contribution in [0.3, 0.4) is 0 Å². The highest BCUT2D eigenvalue weighted by Crippen LogP contribution is 2.38. The minimum Gasteiger partial charge on any atom is -0.356 e. The Kier molecular flexibility index (Phi) is 4.04. The molecule has 3 aromatic heterocycles. The Morgan fingerprint density at radius 1 is 1.35 bits per heavy atom. The minimum absolute atomic E-state index is 0.627. The summed E-state index contributed by atoms with van der Waals surface area (Å²) in [5, 5.41) is 13.6. The van der Waals surface area contributed by atoms with Gasteiger partial charge in [-0.1, -0.05) is 18.9 Å². The van der Waals surface area contributed by atoms with Crippen LogP contribution in [0.1, 0.15) is 43.6 Å². The second-order valence-electron chi connectivity index (χ2n) is 7.88. The Bertz CT molecular complexity index is 946. The Hall–Kier alpha value is -1.80. The van der Waals surface area contributed by atoms with Crippen LogP contribution in [0.4, 0.5) is 5.82 Å². The number of rotatable bonds is 3. The van der Waals surface area contributed by atoms with E-state index in [-0.39, 0.29) is 0 Å². The second kappa shape index (κ2) is 6.42. The average molecular weight is 373 g/mol. The number of piperidine rings is 1. The lowest BCUT2D eigenvalue weighted by atomic mass is 9.99. The van der Waals surface area contributed by atoms with Crippen molar-refractivity contribution < 1.29 is 4.90 Å². The lowest BCUT2D eigenvalue weighted by Crippen LogP contribution is -3.11. The SMILES string of the molecule is CCC[NH+]1CCc2c(sc3c2c(N2CCC[C@H](C)C2)nc2nnnn23)C1. The Morgan fingerprint density at radius 3 is 3.12 bits per heavy atom. The van der Waals surface area contributed by atoms with Crippen LogP contribution in [0.2, 0.25) is 0 Å². The third-order valence-corrected chi connectivity index (χ3v) is 7.05. The number of aromatic nitrogens is 5. The maximum atomic E-state index is 4.91. The normalized spacial score (nSPS) is 23.7. The first-order valence-electron chi connectivity index (χ1n) is 9.85. The first-order chi connectivity index (χ1) is 12.7. The number of thiophene rings is 1. The van der Waals surface area contributed by atoms with Crippen molar-refractivity contribution in [1.82, 2.24) is 25.0 Å². The van der Waals surface area contributed by atoms with Gasteiger partial charge in [-0.2, -0.15) is 9.50 Å². The number of fused-ring (bicyclic) bond motifs is 5. The number of quaternary nitrogens is 1. The molecule has 0 amide bonds. The van der Waals surface area contributed by atoms with Crippen LogP contribution in [0.5, 0.6) is 0 Å². The molecule has 0 aromatic carbocycles.